The highest BCUT2D eigenvalue weighted by atomic mass is 16.5. The molecule has 1 saturated heterocycles. The van der Waals surface area contributed by atoms with Crippen molar-refractivity contribution in [2.24, 2.45) is 0 Å². The normalized spacial score (nSPS) is 27.1. The summed E-state index contributed by atoms with van der Waals surface area (Å²) >= 11 is 0. The van der Waals surface area contributed by atoms with Crippen molar-refractivity contribution in [3.05, 3.63) is 0 Å². The topological polar surface area (TPSA) is 48.3 Å². The summed E-state index contributed by atoms with van der Waals surface area (Å²) in [4.78, 5) is 2.34. The molecule has 1 atom stereocenters. The molecule has 1 unspecified atom stereocenters. The zero-order valence-corrected chi connectivity index (χ0v) is 9.92. The van der Waals surface area contributed by atoms with Crippen LogP contribution in [0.3, 0.4) is 0 Å². The Morgan fingerprint density at radius 3 is 2.80 bits per heavy atom. The molecule has 0 aromatic heterocycles. The largest absolute Gasteiger partial charge is 0.383 e. The van der Waals surface area contributed by atoms with Gasteiger partial charge in [-0.3, -0.25) is 10.2 Å². The summed E-state index contributed by atoms with van der Waals surface area (Å²) in [6.07, 6.45) is 0.908. The Morgan fingerprint density at radius 2 is 2.33 bits per heavy atom. The van der Waals surface area contributed by atoms with E-state index in [0.29, 0.717) is 12.6 Å². The Kier molecular flexibility index (Phi) is 4.52. The van der Waals surface area contributed by atoms with Crippen LogP contribution >= 0.6 is 0 Å². The van der Waals surface area contributed by atoms with Gasteiger partial charge in [0.2, 0.25) is 0 Å². The van der Waals surface area contributed by atoms with Gasteiger partial charge in [0.1, 0.15) is 5.54 Å². The number of nitrogens with zero attached hydrogens (tertiary/aromatic N) is 2. The maximum absolute atomic E-state index is 9.24. The first kappa shape index (κ1) is 12.4. The summed E-state index contributed by atoms with van der Waals surface area (Å²) < 4.78 is 4.98. The Hall–Kier alpha value is -0.630. The third-order valence-electron chi connectivity index (χ3n) is 3.01. The summed E-state index contributed by atoms with van der Waals surface area (Å²) in [5, 5.41) is 12.5. The van der Waals surface area contributed by atoms with Crippen molar-refractivity contribution in [2.75, 3.05) is 33.4 Å². The van der Waals surface area contributed by atoms with Crippen LogP contribution in [0.1, 0.15) is 20.3 Å². The van der Waals surface area contributed by atoms with Crippen LogP contribution in [-0.2, 0) is 4.74 Å². The second kappa shape index (κ2) is 5.45. The first-order chi connectivity index (χ1) is 7.13. The Morgan fingerprint density at radius 1 is 1.60 bits per heavy atom. The molecule has 4 heteroatoms. The number of rotatable bonds is 5. The minimum atomic E-state index is -0.358. The van der Waals surface area contributed by atoms with Crippen molar-refractivity contribution >= 4 is 0 Å². The maximum atomic E-state index is 9.24. The van der Waals surface area contributed by atoms with Gasteiger partial charge in [-0.15, -0.1) is 0 Å². The van der Waals surface area contributed by atoms with Gasteiger partial charge in [0, 0.05) is 32.8 Å². The van der Waals surface area contributed by atoms with E-state index in [1.54, 1.807) is 7.11 Å². The highest BCUT2D eigenvalue weighted by Gasteiger charge is 2.38. The number of nitriles is 1. The molecule has 0 aliphatic carbocycles. The van der Waals surface area contributed by atoms with E-state index in [0.717, 1.165) is 26.1 Å². The smallest absolute Gasteiger partial charge is 0.120 e. The monoisotopic (exact) mass is 211 g/mol. The molecule has 1 heterocycles. The lowest BCUT2D eigenvalue weighted by Gasteiger charge is -2.25. The number of hydrogen-bond acceptors (Lipinski definition) is 4. The van der Waals surface area contributed by atoms with Gasteiger partial charge in [0.25, 0.3) is 0 Å². The number of methoxy groups -OCH3 is 1. The molecule has 15 heavy (non-hydrogen) atoms. The van der Waals surface area contributed by atoms with Crippen LogP contribution in [0.2, 0.25) is 0 Å². The SMILES string of the molecule is COCCNC1(C#N)CCN(C(C)C)C1. The molecule has 1 fully saturated rings. The fraction of sp³-hybridized carbons (Fsp3) is 0.909. The maximum Gasteiger partial charge on any atom is 0.120 e. The van der Waals surface area contributed by atoms with Crippen LogP contribution in [0.5, 0.6) is 0 Å². The van der Waals surface area contributed by atoms with Crippen LogP contribution in [0, 0.1) is 11.3 Å². The lowest BCUT2D eigenvalue weighted by molar-refractivity contribution is 0.188. The van der Waals surface area contributed by atoms with Gasteiger partial charge >= 0.3 is 0 Å². The fourth-order valence-electron chi connectivity index (χ4n) is 1.95. The van der Waals surface area contributed by atoms with E-state index in [9.17, 15) is 5.26 Å². The van der Waals surface area contributed by atoms with E-state index in [1.807, 2.05) is 0 Å². The molecule has 1 aliphatic heterocycles. The third-order valence-corrected chi connectivity index (χ3v) is 3.01. The van der Waals surface area contributed by atoms with Crippen LogP contribution in [-0.4, -0.2) is 49.8 Å². The molecule has 0 aromatic rings. The van der Waals surface area contributed by atoms with E-state index in [2.05, 4.69) is 30.1 Å². The van der Waals surface area contributed by atoms with E-state index >= 15 is 0 Å². The molecule has 1 N–H and O–H groups in total. The predicted octanol–water partition coefficient (Wildman–Crippen LogP) is 0.599. The first-order valence-electron chi connectivity index (χ1n) is 5.53. The molecule has 0 amide bonds. The Labute approximate surface area is 92.2 Å². The Balaban J connectivity index is 2.46. The molecule has 0 spiro atoms. The van der Waals surface area contributed by atoms with Crippen LogP contribution < -0.4 is 5.32 Å². The van der Waals surface area contributed by atoms with Crippen LogP contribution in [0.25, 0.3) is 0 Å². The molecule has 0 aromatic carbocycles. The van der Waals surface area contributed by atoms with Crippen molar-refractivity contribution in [1.82, 2.24) is 10.2 Å². The minimum Gasteiger partial charge on any atom is -0.383 e. The average Bonchev–Trinajstić information content (AvgIpc) is 2.64. The summed E-state index contributed by atoms with van der Waals surface area (Å²) in [6, 6.07) is 2.93. The average molecular weight is 211 g/mol. The van der Waals surface area contributed by atoms with Crippen molar-refractivity contribution < 1.29 is 4.74 Å². The molecule has 0 saturated carbocycles. The summed E-state index contributed by atoms with van der Waals surface area (Å²) in [7, 11) is 1.68. The molecule has 4 nitrogen and oxygen atoms in total. The zero-order valence-electron chi connectivity index (χ0n) is 9.92. The van der Waals surface area contributed by atoms with Gasteiger partial charge in [0.15, 0.2) is 0 Å². The molecule has 1 aliphatic rings. The van der Waals surface area contributed by atoms with E-state index in [4.69, 9.17) is 4.74 Å². The standard InChI is InChI=1S/C11H21N3O/c1-10(2)14-6-4-11(8-12,9-14)13-5-7-15-3/h10,13H,4-7,9H2,1-3H3. The molecule has 0 bridgehead atoms. The van der Waals surface area contributed by atoms with Gasteiger partial charge in [-0.05, 0) is 20.3 Å². The molecular weight excluding hydrogens is 190 g/mol. The second-order valence-corrected chi connectivity index (χ2v) is 4.43. The van der Waals surface area contributed by atoms with E-state index < -0.39 is 0 Å². The minimum absolute atomic E-state index is 0.358. The van der Waals surface area contributed by atoms with Gasteiger partial charge in [-0.2, -0.15) is 5.26 Å². The van der Waals surface area contributed by atoms with Gasteiger partial charge in [-0.25, -0.2) is 0 Å². The molecule has 86 valence electrons. The molecule has 0 radical (unpaired) electrons. The first-order valence-corrected chi connectivity index (χ1v) is 5.53. The van der Waals surface area contributed by atoms with Gasteiger partial charge < -0.3 is 4.74 Å². The highest BCUT2D eigenvalue weighted by molar-refractivity contribution is 5.13. The molecular formula is C11H21N3O. The summed E-state index contributed by atoms with van der Waals surface area (Å²) in [5.74, 6) is 0. The third kappa shape index (κ3) is 3.16. The quantitative estimate of drug-likeness (QED) is 0.677. The van der Waals surface area contributed by atoms with E-state index in [1.165, 1.54) is 0 Å². The van der Waals surface area contributed by atoms with Crippen LogP contribution in [0.15, 0.2) is 0 Å². The number of ether oxygens (including phenoxy) is 1. The van der Waals surface area contributed by atoms with E-state index in [-0.39, 0.29) is 5.54 Å². The lowest BCUT2D eigenvalue weighted by atomic mass is 10.0. The summed E-state index contributed by atoms with van der Waals surface area (Å²) in [6.45, 7) is 7.57. The van der Waals surface area contributed by atoms with Crippen molar-refractivity contribution in [3.8, 4) is 6.07 Å². The van der Waals surface area contributed by atoms with Crippen LogP contribution in [0.4, 0.5) is 0 Å². The highest BCUT2D eigenvalue weighted by Crippen LogP contribution is 2.22. The number of likely N-dealkylation sites (tertiary alicyclic amines) is 1. The van der Waals surface area contributed by atoms with Crippen molar-refractivity contribution in [1.29, 1.82) is 5.26 Å². The zero-order chi connectivity index (χ0) is 11.3. The lowest BCUT2D eigenvalue weighted by Crippen LogP contribution is -2.48. The summed E-state index contributed by atoms with van der Waals surface area (Å²) in [5.41, 5.74) is -0.358. The number of nitrogens with one attached hydrogen (secondary N) is 1. The second-order valence-electron chi connectivity index (χ2n) is 4.43. The number of hydrogen-bond donors (Lipinski definition) is 1. The van der Waals surface area contributed by atoms with Crippen molar-refractivity contribution in [3.63, 3.8) is 0 Å². The van der Waals surface area contributed by atoms with Crippen molar-refractivity contribution in [2.45, 2.75) is 31.8 Å². The van der Waals surface area contributed by atoms with Gasteiger partial charge in [-0.1, -0.05) is 0 Å². The fourth-order valence-corrected chi connectivity index (χ4v) is 1.95. The molecule has 1 rings (SSSR count). The van der Waals surface area contributed by atoms with Gasteiger partial charge in [0.05, 0.1) is 12.7 Å². The predicted molar refractivity (Wildman–Crippen MR) is 59.5 cm³/mol. The Bertz CT molecular complexity index is 236.